The maximum Gasteiger partial charge on any atom is 0.338 e. The number of rotatable bonds is 3. The molecule has 3 unspecified atom stereocenters. The maximum absolute atomic E-state index is 12.1. The Morgan fingerprint density at radius 2 is 1.71 bits per heavy atom. The molecule has 0 spiro atoms. The van der Waals surface area contributed by atoms with Gasteiger partial charge in [-0.15, -0.1) is 0 Å². The number of fused-ring (bicyclic) bond motifs is 1. The fraction of sp³-hybridized carbons (Fsp3) is 0.562. The van der Waals surface area contributed by atoms with Crippen LogP contribution >= 0.6 is 0 Å². The summed E-state index contributed by atoms with van der Waals surface area (Å²) in [5.74, 6) is 1.83. The number of hydrogen-bond acceptors (Lipinski definition) is 4. The highest BCUT2D eigenvalue weighted by Gasteiger charge is 2.41. The van der Waals surface area contributed by atoms with Crippen molar-refractivity contribution in [3.63, 3.8) is 0 Å². The molecule has 112 valence electrons. The SMILES string of the molecule is CC1CC2CC(OC(=O)c3ccc([N+](=O)[O-])cc3)C[C@@H]2C1. The van der Waals surface area contributed by atoms with Crippen LogP contribution in [0.15, 0.2) is 24.3 Å². The first-order valence-electron chi connectivity index (χ1n) is 7.48. The molecule has 21 heavy (non-hydrogen) atoms. The van der Waals surface area contributed by atoms with E-state index in [-0.39, 0.29) is 17.8 Å². The third-order valence-corrected chi connectivity index (χ3v) is 4.80. The van der Waals surface area contributed by atoms with Gasteiger partial charge in [-0.2, -0.15) is 0 Å². The van der Waals surface area contributed by atoms with Crippen LogP contribution in [0.5, 0.6) is 0 Å². The first-order valence-corrected chi connectivity index (χ1v) is 7.48. The summed E-state index contributed by atoms with van der Waals surface area (Å²) in [5, 5.41) is 10.6. The number of nitro groups is 1. The standard InChI is InChI=1S/C16H19NO4/c1-10-6-12-8-15(9-13(12)7-10)21-16(18)11-2-4-14(5-3-11)17(19)20/h2-5,10,12-13,15H,6-9H2,1H3/t10?,12-,13?,15?/m0/s1. The zero-order chi connectivity index (χ0) is 15.0. The molecule has 5 nitrogen and oxygen atoms in total. The molecule has 0 aromatic heterocycles. The molecule has 0 heterocycles. The van der Waals surface area contributed by atoms with Gasteiger partial charge in [0.15, 0.2) is 0 Å². The molecular weight excluding hydrogens is 270 g/mol. The van der Waals surface area contributed by atoms with E-state index in [0.29, 0.717) is 17.4 Å². The summed E-state index contributed by atoms with van der Waals surface area (Å²) in [6, 6.07) is 5.58. The molecular formula is C16H19NO4. The number of ether oxygens (including phenoxy) is 1. The summed E-state index contributed by atoms with van der Waals surface area (Å²) >= 11 is 0. The molecule has 5 heteroatoms. The van der Waals surface area contributed by atoms with E-state index in [9.17, 15) is 14.9 Å². The Hall–Kier alpha value is -1.91. The van der Waals surface area contributed by atoms with E-state index >= 15 is 0 Å². The Bertz CT molecular complexity index is 540. The zero-order valence-electron chi connectivity index (χ0n) is 12.0. The Balaban J connectivity index is 1.58. The molecule has 2 saturated carbocycles. The Kier molecular flexibility index (Phi) is 3.66. The van der Waals surface area contributed by atoms with Gasteiger partial charge in [0, 0.05) is 12.1 Å². The average Bonchev–Trinajstić information content (AvgIpc) is 2.95. The molecule has 2 fully saturated rings. The first kappa shape index (κ1) is 14.0. The minimum absolute atomic E-state index is 0.00944. The normalized spacial score (nSPS) is 30.9. The van der Waals surface area contributed by atoms with E-state index in [4.69, 9.17) is 4.74 Å². The second-order valence-electron chi connectivity index (χ2n) is 6.40. The molecule has 0 N–H and O–H groups in total. The molecule has 1 aromatic carbocycles. The maximum atomic E-state index is 12.1. The monoisotopic (exact) mass is 289 g/mol. The Morgan fingerprint density at radius 1 is 1.14 bits per heavy atom. The third kappa shape index (κ3) is 2.91. The highest BCUT2D eigenvalue weighted by Crippen LogP contribution is 2.47. The van der Waals surface area contributed by atoms with E-state index in [2.05, 4.69) is 6.92 Å². The lowest BCUT2D eigenvalue weighted by atomic mass is 10.0. The summed E-state index contributed by atoms with van der Waals surface area (Å²) < 4.78 is 5.56. The predicted octanol–water partition coefficient (Wildman–Crippen LogP) is 3.58. The quantitative estimate of drug-likeness (QED) is 0.484. The fourth-order valence-electron chi connectivity index (χ4n) is 3.90. The van der Waals surface area contributed by atoms with Gasteiger partial charge in [0.25, 0.3) is 5.69 Å². The van der Waals surface area contributed by atoms with E-state index in [1.165, 1.54) is 37.1 Å². The molecule has 0 saturated heterocycles. The van der Waals surface area contributed by atoms with Crippen molar-refractivity contribution in [2.24, 2.45) is 17.8 Å². The lowest BCUT2D eigenvalue weighted by Gasteiger charge is -2.14. The number of nitrogens with zero attached hydrogens (tertiary/aromatic N) is 1. The van der Waals surface area contributed by atoms with E-state index < -0.39 is 4.92 Å². The molecule has 0 radical (unpaired) electrons. The zero-order valence-corrected chi connectivity index (χ0v) is 12.0. The van der Waals surface area contributed by atoms with Crippen LogP contribution in [0, 0.1) is 27.9 Å². The largest absolute Gasteiger partial charge is 0.459 e. The van der Waals surface area contributed by atoms with Crippen molar-refractivity contribution in [3.05, 3.63) is 39.9 Å². The third-order valence-electron chi connectivity index (χ3n) is 4.80. The second-order valence-corrected chi connectivity index (χ2v) is 6.40. The number of hydrogen-bond donors (Lipinski definition) is 0. The number of non-ortho nitro benzene ring substituents is 1. The summed E-state index contributed by atoms with van der Waals surface area (Å²) in [6.45, 7) is 2.29. The van der Waals surface area contributed by atoms with Crippen LogP contribution in [-0.4, -0.2) is 17.0 Å². The highest BCUT2D eigenvalue weighted by atomic mass is 16.6. The Labute approximate surface area is 123 Å². The van der Waals surface area contributed by atoms with Gasteiger partial charge in [-0.1, -0.05) is 6.92 Å². The van der Waals surface area contributed by atoms with Gasteiger partial charge in [0.1, 0.15) is 6.10 Å². The van der Waals surface area contributed by atoms with E-state index in [0.717, 1.165) is 18.8 Å². The van der Waals surface area contributed by atoms with Crippen molar-refractivity contribution in [2.45, 2.75) is 38.7 Å². The minimum atomic E-state index is -0.478. The smallest absolute Gasteiger partial charge is 0.338 e. The topological polar surface area (TPSA) is 69.4 Å². The molecule has 3 rings (SSSR count). The summed E-state index contributed by atoms with van der Waals surface area (Å²) in [7, 11) is 0. The van der Waals surface area contributed by atoms with Crippen LogP contribution in [0.2, 0.25) is 0 Å². The van der Waals surface area contributed by atoms with Crippen molar-refractivity contribution in [1.29, 1.82) is 0 Å². The van der Waals surface area contributed by atoms with Crippen LogP contribution in [0.3, 0.4) is 0 Å². The lowest BCUT2D eigenvalue weighted by Crippen LogP contribution is -2.16. The molecule has 4 atom stereocenters. The summed E-state index contributed by atoms with van der Waals surface area (Å²) in [4.78, 5) is 22.2. The van der Waals surface area contributed by atoms with Gasteiger partial charge in [-0.3, -0.25) is 10.1 Å². The van der Waals surface area contributed by atoms with Gasteiger partial charge in [-0.05, 0) is 55.6 Å². The first-order chi connectivity index (χ1) is 10.0. The molecule has 2 aliphatic carbocycles. The number of carbonyl (C=O) groups excluding carboxylic acids is 1. The van der Waals surface area contributed by atoms with Gasteiger partial charge >= 0.3 is 5.97 Å². The van der Waals surface area contributed by atoms with Crippen molar-refractivity contribution >= 4 is 11.7 Å². The number of carbonyl (C=O) groups is 1. The van der Waals surface area contributed by atoms with Crippen molar-refractivity contribution < 1.29 is 14.5 Å². The number of nitro benzene ring substituents is 1. The van der Waals surface area contributed by atoms with Crippen LogP contribution < -0.4 is 0 Å². The lowest BCUT2D eigenvalue weighted by molar-refractivity contribution is -0.384. The number of esters is 1. The summed E-state index contributed by atoms with van der Waals surface area (Å²) in [5.41, 5.74) is 0.363. The fourth-order valence-corrected chi connectivity index (χ4v) is 3.90. The molecule has 0 amide bonds. The van der Waals surface area contributed by atoms with E-state index in [1.54, 1.807) is 0 Å². The predicted molar refractivity (Wildman–Crippen MR) is 76.9 cm³/mol. The molecule has 1 aromatic rings. The van der Waals surface area contributed by atoms with Crippen molar-refractivity contribution in [3.8, 4) is 0 Å². The number of benzene rings is 1. The molecule has 0 bridgehead atoms. The second kappa shape index (κ2) is 5.47. The molecule has 0 aliphatic heterocycles. The van der Waals surface area contributed by atoms with Crippen LogP contribution in [0.4, 0.5) is 5.69 Å². The van der Waals surface area contributed by atoms with Gasteiger partial charge in [0.2, 0.25) is 0 Å². The highest BCUT2D eigenvalue weighted by molar-refractivity contribution is 5.89. The Morgan fingerprint density at radius 3 is 2.24 bits per heavy atom. The average molecular weight is 289 g/mol. The summed E-state index contributed by atoms with van der Waals surface area (Å²) in [6.07, 6.45) is 4.43. The van der Waals surface area contributed by atoms with Crippen molar-refractivity contribution in [2.75, 3.05) is 0 Å². The minimum Gasteiger partial charge on any atom is -0.459 e. The van der Waals surface area contributed by atoms with Crippen LogP contribution in [0.25, 0.3) is 0 Å². The molecule has 2 aliphatic rings. The van der Waals surface area contributed by atoms with Gasteiger partial charge in [0.05, 0.1) is 10.5 Å². The van der Waals surface area contributed by atoms with Gasteiger partial charge in [-0.25, -0.2) is 4.79 Å². The van der Waals surface area contributed by atoms with E-state index in [1.807, 2.05) is 0 Å². The van der Waals surface area contributed by atoms with Gasteiger partial charge < -0.3 is 4.74 Å². The van der Waals surface area contributed by atoms with Crippen LogP contribution in [0.1, 0.15) is 43.0 Å². The van der Waals surface area contributed by atoms with Crippen LogP contribution in [-0.2, 0) is 4.74 Å². The van der Waals surface area contributed by atoms with Crippen molar-refractivity contribution in [1.82, 2.24) is 0 Å².